The molecule has 2 N–H and O–H groups in total. The number of nitrogens with zero attached hydrogens (tertiary/aromatic N) is 4. The Hall–Kier alpha value is -1.55. The average molecular weight is 197 g/mol. The van der Waals surface area contributed by atoms with Crippen molar-refractivity contribution in [1.29, 1.82) is 5.26 Å². The summed E-state index contributed by atoms with van der Waals surface area (Å²) in [6.07, 6.45) is 1.81. The van der Waals surface area contributed by atoms with E-state index in [2.05, 4.69) is 15.0 Å². The molecule has 0 saturated carbocycles. The molecule has 0 spiro atoms. The van der Waals surface area contributed by atoms with Gasteiger partial charge in [-0.1, -0.05) is 11.8 Å². The van der Waals surface area contributed by atoms with Crippen molar-refractivity contribution in [3.05, 3.63) is 0 Å². The first-order valence-electron chi connectivity index (χ1n) is 3.31. The van der Waals surface area contributed by atoms with Crippen molar-refractivity contribution in [3.8, 4) is 12.1 Å². The zero-order valence-electron chi connectivity index (χ0n) is 6.89. The lowest BCUT2D eigenvalue weighted by molar-refractivity contribution is 0.333. The van der Waals surface area contributed by atoms with Crippen molar-refractivity contribution < 1.29 is 4.74 Å². The number of hydrogen-bond donors (Lipinski definition) is 1. The lowest BCUT2D eigenvalue weighted by Gasteiger charge is -2.01. The van der Waals surface area contributed by atoms with Crippen LogP contribution in [0.25, 0.3) is 0 Å². The summed E-state index contributed by atoms with van der Waals surface area (Å²) in [5, 5.41) is 8.71. The molecule has 1 rings (SSSR count). The second-order valence-electron chi connectivity index (χ2n) is 1.91. The monoisotopic (exact) mass is 197 g/mol. The third-order valence-electron chi connectivity index (χ3n) is 1.06. The van der Waals surface area contributed by atoms with Gasteiger partial charge in [-0.2, -0.15) is 20.2 Å². The van der Waals surface area contributed by atoms with E-state index in [9.17, 15) is 0 Å². The fraction of sp³-hybridized carbons (Fsp3) is 0.333. The molecule has 0 aliphatic rings. The summed E-state index contributed by atoms with van der Waals surface area (Å²) >= 11 is 1.33. The SMILES string of the molecule is CSc1nc(N)nc(OCC#N)n1. The fourth-order valence-electron chi connectivity index (χ4n) is 0.605. The van der Waals surface area contributed by atoms with Gasteiger partial charge < -0.3 is 10.5 Å². The van der Waals surface area contributed by atoms with Gasteiger partial charge in [-0.3, -0.25) is 0 Å². The summed E-state index contributed by atoms with van der Waals surface area (Å²) < 4.78 is 4.86. The number of nitrogen functional groups attached to an aromatic ring is 1. The normalized spacial score (nSPS) is 9.23. The van der Waals surface area contributed by atoms with Gasteiger partial charge in [-0.05, 0) is 6.26 Å². The third kappa shape index (κ3) is 2.76. The highest BCUT2D eigenvalue weighted by Gasteiger charge is 2.03. The third-order valence-corrected chi connectivity index (χ3v) is 1.61. The molecule has 0 aliphatic heterocycles. The smallest absolute Gasteiger partial charge is 0.323 e. The molecule has 6 nitrogen and oxygen atoms in total. The summed E-state index contributed by atoms with van der Waals surface area (Å²) in [6, 6.07) is 1.88. The summed E-state index contributed by atoms with van der Waals surface area (Å²) in [6.45, 7) is -0.0999. The maximum atomic E-state index is 8.24. The van der Waals surface area contributed by atoms with Gasteiger partial charge in [0.15, 0.2) is 11.8 Å². The number of thioether (sulfide) groups is 1. The van der Waals surface area contributed by atoms with Gasteiger partial charge in [-0.25, -0.2) is 0 Å². The zero-order valence-corrected chi connectivity index (χ0v) is 7.71. The number of nitrogens with two attached hydrogens (primary N) is 1. The lowest BCUT2D eigenvalue weighted by Crippen LogP contribution is -2.04. The minimum Gasteiger partial charge on any atom is -0.448 e. The highest BCUT2D eigenvalue weighted by molar-refractivity contribution is 7.98. The molecule has 7 heteroatoms. The first-order chi connectivity index (χ1) is 6.26. The van der Waals surface area contributed by atoms with Crippen LogP contribution < -0.4 is 10.5 Å². The van der Waals surface area contributed by atoms with E-state index >= 15 is 0 Å². The highest BCUT2D eigenvalue weighted by Crippen LogP contribution is 2.12. The van der Waals surface area contributed by atoms with Crippen molar-refractivity contribution in [2.45, 2.75) is 5.16 Å². The molecule has 13 heavy (non-hydrogen) atoms. The molecule has 0 saturated heterocycles. The van der Waals surface area contributed by atoms with Gasteiger partial charge in [0.25, 0.3) is 0 Å². The Kier molecular flexibility index (Phi) is 3.28. The van der Waals surface area contributed by atoms with Crippen LogP contribution in [0.2, 0.25) is 0 Å². The molecule has 0 atom stereocenters. The van der Waals surface area contributed by atoms with Crippen LogP contribution in [0.4, 0.5) is 5.95 Å². The molecule has 0 fully saturated rings. The van der Waals surface area contributed by atoms with Crippen LogP contribution in [0, 0.1) is 11.3 Å². The van der Waals surface area contributed by atoms with Gasteiger partial charge >= 0.3 is 6.01 Å². The van der Waals surface area contributed by atoms with Crippen LogP contribution in [0.5, 0.6) is 6.01 Å². The second kappa shape index (κ2) is 4.47. The van der Waals surface area contributed by atoms with E-state index in [1.165, 1.54) is 11.8 Å². The number of hydrogen-bond acceptors (Lipinski definition) is 7. The fourth-order valence-corrected chi connectivity index (χ4v) is 0.960. The van der Waals surface area contributed by atoms with E-state index in [0.717, 1.165) is 0 Å². The van der Waals surface area contributed by atoms with Crippen molar-refractivity contribution in [2.75, 3.05) is 18.6 Å². The van der Waals surface area contributed by atoms with E-state index in [4.69, 9.17) is 15.7 Å². The number of aromatic nitrogens is 3. The van der Waals surface area contributed by atoms with Crippen LogP contribution in [0.15, 0.2) is 5.16 Å². The van der Waals surface area contributed by atoms with Crippen LogP contribution in [0.1, 0.15) is 0 Å². The molecule has 0 bridgehead atoms. The molecule has 0 aromatic carbocycles. The first-order valence-corrected chi connectivity index (χ1v) is 4.54. The van der Waals surface area contributed by atoms with Crippen LogP contribution in [-0.4, -0.2) is 27.8 Å². The van der Waals surface area contributed by atoms with Gasteiger partial charge in [0, 0.05) is 0 Å². The second-order valence-corrected chi connectivity index (χ2v) is 2.68. The minimum absolute atomic E-state index is 0.0819. The van der Waals surface area contributed by atoms with Crippen molar-refractivity contribution >= 4 is 17.7 Å². The molecule has 0 unspecified atom stereocenters. The minimum atomic E-state index is -0.0999. The maximum absolute atomic E-state index is 8.24. The molecular formula is C6H7N5OS. The van der Waals surface area contributed by atoms with Crippen molar-refractivity contribution in [1.82, 2.24) is 15.0 Å². The summed E-state index contributed by atoms with van der Waals surface area (Å²) in [7, 11) is 0. The Morgan fingerprint density at radius 3 is 2.92 bits per heavy atom. The summed E-state index contributed by atoms with van der Waals surface area (Å²) in [4.78, 5) is 11.4. The van der Waals surface area contributed by atoms with Crippen LogP contribution in [0.3, 0.4) is 0 Å². The van der Waals surface area contributed by atoms with Crippen molar-refractivity contribution in [3.63, 3.8) is 0 Å². The Morgan fingerprint density at radius 1 is 1.54 bits per heavy atom. The average Bonchev–Trinajstić information content (AvgIpc) is 2.14. The van der Waals surface area contributed by atoms with Crippen LogP contribution in [-0.2, 0) is 0 Å². The number of nitriles is 1. The topological polar surface area (TPSA) is 97.7 Å². The molecule has 68 valence electrons. The Bertz CT molecular complexity index is 336. The van der Waals surface area contributed by atoms with E-state index in [0.29, 0.717) is 5.16 Å². The van der Waals surface area contributed by atoms with E-state index in [1.807, 2.05) is 6.26 Å². The van der Waals surface area contributed by atoms with Gasteiger partial charge in [0.05, 0.1) is 0 Å². The molecule has 0 aliphatic carbocycles. The maximum Gasteiger partial charge on any atom is 0.323 e. The molecule has 1 aromatic heterocycles. The Balaban J connectivity index is 2.83. The predicted molar refractivity (Wildman–Crippen MR) is 47.1 cm³/mol. The summed E-state index contributed by atoms with van der Waals surface area (Å²) in [5.41, 5.74) is 5.37. The Labute approximate surface area is 79.2 Å². The predicted octanol–water partition coefficient (Wildman–Crippen LogP) is 0.0781. The van der Waals surface area contributed by atoms with Crippen LogP contribution >= 0.6 is 11.8 Å². The van der Waals surface area contributed by atoms with E-state index in [1.54, 1.807) is 6.07 Å². The molecule has 0 amide bonds. The number of ether oxygens (including phenoxy) is 1. The standard InChI is InChI=1S/C6H7N5OS/c1-13-6-10-4(8)9-5(11-6)12-3-2-7/h3H2,1H3,(H2,8,9,10,11). The quantitative estimate of drug-likeness (QED) is 0.685. The van der Waals surface area contributed by atoms with Gasteiger partial charge in [-0.15, -0.1) is 0 Å². The van der Waals surface area contributed by atoms with E-state index in [-0.39, 0.29) is 18.6 Å². The molecular weight excluding hydrogens is 190 g/mol. The lowest BCUT2D eigenvalue weighted by atomic mass is 10.8. The Morgan fingerprint density at radius 2 is 2.31 bits per heavy atom. The molecule has 1 heterocycles. The van der Waals surface area contributed by atoms with E-state index < -0.39 is 0 Å². The zero-order chi connectivity index (χ0) is 9.68. The van der Waals surface area contributed by atoms with Gasteiger partial charge in [0.1, 0.15) is 6.07 Å². The van der Waals surface area contributed by atoms with Crippen molar-refractivity contribution in [2.24, 2.45) is 0 Å². The number of anilines is 1. The molecule has 1 aromatic rings. The van der Waals surface area contributed by atoms with Gasteiger partial charge in [0.2, 0.25) is 5.95 Å². The largest absolute Gasteiger partial charge is 0.448 e. The number of rotatable bonds is 3. The first kappa shape index (κ1) is 9.54. The summed E-state index contributed by atoms with van der Waals surface area (Å²) in [5.74, 6) is 0.0901. The molecule has 0 radical (unpaired) electrons. The highest BCUT2D eigenvalue weighted by atomic mass is 32.2.